The van der Waals surface area contributed by atoms with E-state index in [0.717, 1.165) is 57.9 Å². The number of nitrogens with one attached hydrogen (secondary N) is 2. The van der Waals surface area contributed by atoms with Crippen LogP contribution >= 0.6 is 0 Å². The third-order valence-electron chi connectivity index (χ3n) is 4.31. The topological polar surface area (TPSA) is 65.9 Å². The van der Waals surface area contributed by atoms with E-state index >= 15 is 0 Å². The van der Waals surface area contributed by atoms with Crippen molar-refractivity contribution in [1.82, 2.24) is 10.6 Å². The fourth-order valence-electron chi connectivity index (χ4n) is 3.00. The summed E-state index contributed by atoms with van der Waals surface area (Å²) in [5.41, 5.74) is 1.22. The van der Waals surface area contributed by atoms with Crippen LogP contribution in [-0.2, 0) is 11.3 Å². The van der Waals surface area contributed by atoms with Gasteiger partial charge in [-0.1, -0.05) is 44.2 Å². The molecule has 0 fully saturated rings. The molecule has 1 atom stereocenters. The van der Waals surface area contributed by atoms with Crippen molar-refractivity contribution < 1.29 is 9.84 Å². The molecule has 1 aromatic carbocycles. The second-order valence-corrected chi connectivity index (χ2v) is 7.40. The minimum absolute atomic E-state index is 0.236. The molecule has 0 aliphatic heterocycles. The van der Waals surface area contributed by atoms with Crippen LogP contribution in [0.1, 0.15) is 52.0 Å². The summed E-state index contributed by atoms with van der Waals surface area (Å²) in [6.07, 6.45) is 3.99. The number of aliphatic hydroxyl groups is 1. The summed E-state index contributed by atoms with van der Waals surface area (Å²) in [6.45, 7) is 10.7. The van der Waals surface area contributed by atoms with Crippen molar-refractivity contribution in [3.05, 3.63) is 35.9 Å². The van der Waals surface area contributed by atoms with E-state index in [1.165, 1.54) is 5.56 Å². The van der Waals surface area contributed by atoms with Crippen molar-refractivity contribution in [3.8, 4) is 0 Å². The van der Waals surface area contributed by atoms with Crippen molar-refractivity contribution in [1.29, 1.82) is 0 Å². The van der Waals surface area contributed by atoms with E-state index in [1.54, 1.807) is 0 Å². The van der Waals surface area contributed by atoms with Gasteiger partial charge in [-0.2, -0.15) is 0 Å². The Morgan fingerprint density at radius 2 is 1.93 bits per heavy atom. The molecule has 27 heavy (non-hydrogen) atoms. The van der Waals surface area contributed by atoms with Crippen LogP contribution in [0.25, 0.3) is 0 Å². The highest BCUT2D eigenvalue weighted by Crippen LogP contribution is 2.15. The molecule has 1 unspecified atom stereocenters. The summed E-state index contributed by atoms with van der Waals surface area (Å²) < 4.78 is 5.72. The Labute approximate surface area is 165 Å². The van der Waals surface area contributed by atoms with E-state index in [2.05, 4.69) is 43.5 Å². The van der Waals surface area contributed by atoms with Gasteiger partial charge < -0.3 is 20.5 Å². The van der Waals surface area contributed by atoms with Crippen LogP contribution in [0.15, 0.2) is 35.3 Å². The molecular formula is C22H39N3O2. The Balaban J connectivity index is 2.22. The van der Waals surface area contributed by atoms with Gasteiger partial charge in [-0.25, -0.2) is 0 Å². The van der Waals surface area contributed by atoms with Crippen LogP contribution in [0.3, 0.4) is 0 Å². The van der Waals surface area contributed by atoms with Crippen LogP contribution in [0.4, 0.5) is 0 Å². The highest BCUT2D eigenvalue weighted by Gasteiger charge is 2.10. The van der Waals surface area contributed by atoms with Crippen LogP contribution in [0.2, 0.25) is 0 Å². The van der Waals surface area contributed by atoms with E-state index in [4.69, 9.17) is 9.73 Å². The van der Waals surface area contributed by atoms with Crippen molar-refractivity contribution in [2.75, 3.05) is 32.8 Å². The van der Waals surface area contributed by atoms with Gasteiger partial charge in [-0.05, 0) is 50.0 Å². The van der Waals surface area contributed by atoms with Gasteiger partial charge in [-0.3, -0.25) is 4.99 Å². The predicted molar refractivity (Wildman–Crippen MR) is 114 cm³/mol. The van der Waals surface area contributed by atoms with Gasteiger partial charge in [0.2, 0.25) is 0 Å². The molecule has 5 heteroatoms. The highest BCUT2D eigenvalue weighted by atomic mass is 16.5. The van der Waals surface area contributed by atoms with E-state index in [0.29, 0.717) is 18.4 Å². The molecule has 5 nitrogen and oxygen atoms in total. The summed E-state index contributed by atoms with van der Waals surface area (Å²) in [4.78, 5) is 4.71. The maximum Gasteiger partial charge on any atom is 0.191 e. The van der Waals surface area contributed by atoms with Gasteiger partial charge in [0.1, 0.15) is 0 Å². The van der Waals surface area contributed by atoms with Crippen molar-refractivity contribution in [2.24, 2.45) is 16.8 Å². The summed E-state index contributed by atoms with van der Waals surface area (Å²) in [6, 6.07) is 10.3. The molecule has 0 aliphatic rings. The molecule has 1 aromatic rings. The fraction of sp³-hybridized carbons (Fsp3) is 0.682. The lowest BCUT2D eigenvalue weighted by Gasteiger charge is -2.17. The van der Waals surface area contributed by atoms with Gasteiger partial charge in [0.15, 0.2) is 5.96 Å². The quantitative estimate of drug-likeness (QED) is 0.263. The first-order chi connectivity index (χ1) is 13.2. The zero-order chi connectivity index (χ0) is 19.7. The van der Waals surface area contributed by atoms with Crippen molar-refractivity contribution in [3.63, 3.8) is 0 Å². The highest BCUT2D eigenvalue weighted by molar-refractivity contribution is 5.79. The van der Waals surface area contributed by atoms with Gasteiger partial charge in [0.25, 0.3) is 0 Å². The molecule has 154 valence electrons. The van der Waals surface area contributed by atoms with E-state index in [-0.39, 0.29) is 6.61 Å². The fourth-order valence-corrected chi connectivity index (χ4v) is 3.00. The standard InChI is InChI=1S/C22H39N3O2/c1-4-23-22(25-17-21(12-14-26)16-19(2)3)24-13-8-9-15-27-18-20-10-6-5-7-11-20/h5-7,10-11,19,21,26H,4,8-9,12-18H2,1-3H3,(H2,23,24,25). The lowest BCUT2D eigenvalue weighted by molar-refractivity contribution is 0.117. The van der Waals surface area contributed by atoms with E-state index in [1.807, 2.05) is 18.2 Å². The number of unbranched alkanes of at least 4 members (excludes halogenated alkanes) is 1. The predicted octanol–water partition coefficient (Wildman–Crippen LogP) is 3.58. The second kappa shape index (κ2) is 15.5. The summed E-state index contributed by atoms with van der Waals surface area (Å²) >= 11 is 0. The smallest absolute Gasteiger partial charge is 0.191 e. The minimum atomic E-state index is 0.236. The summed E-state index contributed by atoms with van der Waals surface area (Å²) in [7, 11) is 0. The molecule has 0 amide bonds. The Kier molecular flexibility index (Phi) is 13.4. The first-order valence-corrected chi connectivity index (χ1v) is 10.4. The molecule has 1 rings (SSSR count). The number of guanidine groups is 1. The number of hydrogen-bond acceptors (Lipinski definition) is 3. The number of ether oxygens (including phenoxy) is 1. The normalized spacial score (nSPS) is 13.0. The molecule has 0 aliphatic carbocycles. The number of aliphatic hydroxyl groups excluding tert-OH is 1. The average Bonchev–Trinajstić information content (AvgIpc) is 2.65. The molecule has 3 N–H and O–H groups in total. The average molecular weight is 378 g/mol. The van der Waals surface area contributed by atoms with Gasteiger partial charge >= 0.3 is 0 Å². The largest absolute Gasteiger partial charge is 0.396 e. The first-order valence-electron chi connectivity index (χ1n) is 10.4. The number of nitrogens with zero attached hydrogens (tertiary/aromatic N) is 1. The molecule has 0 heterocycles. The molecular weight excluding hydrogens is 338 g/mol. The summed E-state index contributed by atoms with van der Waals surface area (Å²) in [5, 5.41) is 15.9. The Bertz CT molecular complexity index is 492. The second-order valence-electron chi connectivity index (χ2n) is 7.40. The van der Waals surface area contributed by atoms with Crippen molar-refractivity contribution in [2.45, 2.75) is 53.1 Å². The van der Waals surface area contributed by atoms with Crippen molar-refractivity contribution >= 4 is 5.96 Å². The maximum absolute atomic E-state index is 9.24. The van der Waals surface area contributed by atoms with E-state index in [9.17, 15) is 5.11 Å². The third kappa shape index (κ3) is 12.4. The zero-order valence-corrected chi connectivity index (χ0v) is 17.4. The summed E-state index contributed by atoms with van der Waals surface area (Å²) in [5.74, 6) is 1.94. The Morgan fingerprint density at radius 1 is 1.15 bits per heavy atom. The lowest BCUT2D eigenvalue weighted by atomic mass is 9.94. The minimum Gasteiger partial charge on any atom is -0.396 e. The molecule has 0 aromatic heterocycles. The number of rotatable bonds is 14. The van der Waals surface area contributed by atoms with Gasteiger partial charge in [-0.15, -0.1) is 0 Å². The van der Waals surface area contributed by atoms with Crippen LogP contribution < -0.4 is 10.6 Å². The number of aliphatic imine (C=N–C) groups is 1. The molecule has 0 saturated carbocycles. The lowest BCUT2D eigenvalue weighted by Crippen LogP contribution is -2.38. The molecule has 0 bridgehead atoms. The Hall–Kier alpha value is -1.59. The maximum atomic E-state index is 9.24. The van der Waals surface area contributed by atoms with Gasteiger partial charge in [0, 0.05) is 32.8 Å². The zero-order valence-electron chi connectivity index (χ0n) is 17.4. The molecule has 0 radical (unpaired) electrons. The third-order valence-corrected chi connectivity index (χ3v) is 4.31. The number of benzene rings is 1. The van der Waals surface area contributed by atoms with E-state index < -0.39 is 0 Å². The molecule has 0 saturated heterocycles. The van der Waals surface area contributed by atoms with Crippen LogP contribution in [0.5, 0.6) is 0 Å². The first kappa shape index (κ1) is 23.4. The monoisotopic (exact) mass is 377 g/mol. The molecule has 0 spiro atoms. The van der Waals surface area contributed by atoms with Crippen LogP contribution in [0, 0.1) is 11.8 Å². The Morgan fingerprint density at radius 3 is 2.59 bits per heavy atom. The SMILES string of the molecule is CCNC(=NCC(CCO)CC(C)C)NCCCCOCc1ccccc1. The number of hydrogen-bond donors (Lipinski definition) is 3. The van der Waals surface area contributed by atoms with Gasteiger partial charge in [0.05, 0.1) is 6.61 Å². The van der Waals surface area contributed by atoms with Crippen LogP contribution in [-0.4, -0.2) is 43.9 Å².